The molecule has 5 nitrogen and oxygen atoms in total. The summed E-state index contributed by atoms with van der Waals surface area (Å²) in [6.45, 7) is 0. The average molecular weight is 341 g/mol. The van der Waals surface area contributed by atoms with E-state index >= 15 is 0 Å². The van der Waals surface area contributed by atoms with Crippen LogP contribution < -0.4 is 0 Å². The fraction of sp³-hybridized carbons (Fsp3) is 0. The minimum atomic E-state index is -0.956. The van der Waals surface area contributed by atoms with Crippen LogP contribution in [0.4, 0.5) is 0 Å². The highest BCUT2D eigenvalue weighted by Gasteiger charge is 2.10. The van der Waals surface area contributed by atoms with Gasteiger partial charge in [-0.1, -0.05) is 36.4 Å². The molecule has 0 unspecified atom stereocenters. The van der Waals surface area contributed by atoms with E-state index in [0.29, 0.717) is 16.6 Å². The van der Waals surface area contributed by atoms with Gasteiger partial charge in [-0.05, 0) is 35.9 Å². The molecule has 0 spiro atoms. The van der Waals surface area contributed by atoms with Crippen molar-refractivity contribution in [2.24, 2.45) is 0 Å². The molecule has 0 bridgehead atoms. The van der Waals surface area contributed by atoms with Crippen LogP contribution in [0.15, 0.2) is 73.3 Å². The number of carbonyl (C=O) groups is 1. The third-order valence-corrected chi connectivity index (χ3v) is 4.11. The summed E-state index contributed by atoms with van der Waals surface area (Å²) in [5, 5.41) is 10.1. The Labute approximate surface area is 149 Å². The Morgan fingerprint density at radius 3 is 2.58 bits per heavy atom. The van der Waals surface area contributed by atoms with Gasteiger partial charge in [-0.25, -0.2) is 14.8 Å². The van der Waals surface area contributed by atoms with Crippen molar-refractivity contribution in [2.45, 2.75) is 0 Å². The highest BCUT2D eigenvalue weighted by molar-refractivity contribution is 6.03. The standard InChI is InChI=1S/C21H15N3O2/c25-21(26)19-13-16(23-20-4-2-1-3-18(19)20)8-5-15-6-9-17(10-7-15)24-12-11-22-14-24/h1-14H,(H,25,26). The van der Waals surface area contributed by atoms with Crippen LogP contribution >= 0.6 is 0 Å². The molecule has 0 saturated heterocycles. The normalized spacial score (nSPS) is 11.2. The van der Waals surface area contributed by atoms with Crippen LogP contribution in [0.1, 0.15) is 21.6 Å². The van der Waals surface area contributed by atoms with Crippen LogP contribution in [-0.4, -0.2) is 25.6 Å². The number of nitrogens with zero attached hydrogens (tertiary/aromatic N) is 3. The van der Waals surface area contributed by atoms with Crippen LogP contribution in [0.3, 0.4) is 0 Å². The van der Waals surface area contributed by atoms with Gasteiger partial charge >= 0.3 is 5.97 Å². The van der Waals surface area contributed by atoms with Gasteiger partial charge in [0.1, 0.15) is 0 Å². The molecule has 4 aromatic rings. The molecule has 2 heterocycles. The van der Waals surface area contributed by atoms with E-state index in [4.69, 9.17) is 0 Å². The lowest BCUT2D eigenvalue weighted by atomic mass is 10.1. The van der Waals surface area contributed by atoms with Crippen molar-refractivity contribution < 1.29 is 9.90 Å². The molecule has 0 fully saturated rings. The number of pyridine rings is 1. The van der Waals surface area contributed by atoms with E-state index in [1.807, 2.05) is 65.4 Å². The summed E-state index contributed by atoms with van der Waals surface area (Å²) in [5.74, 6) is -0.956. The Morgan fingerprint density at radius 2 is 1.85 bits per heavy atom. The van der Waals surface area contributed by atoms with Crippen molar-refractivity contribution in [3.05, 3.63) is 90.1 Å². The Hall–Kier alpha value is -3.73. The zero-order chi connectivity index (χ0) is 17.9. The van der Waals surface area contributed by atoms with E-state index in [1.54, 1.807) is 24.7 Å². The molecule has 26 heavy (non-hydrogen) atoms. The Bertz CT molecular complexity index is 1100. The molecular weight excluding hydrogens is 326 g/mol. The lowest BCUT2D eigenvalue weighted by molar-refractivity contribution is 0.0699. The summed E-state index contributed by atoms with van der Waals surface area (Å²) in [7, 11) is 0. The Kier molecular flexibility index (Phi) is 4.03. The molecule has 0 aliphatic rings. The minimum absolute atomic E-state index is 0.255. The van der Waals surface area contributed by atoms with E-state index in [2.05, 4.69) is 9.97 Å². The van der Waals surface area contributed by atoms with Crippen LogP contribution in [0.25, 0.3) is 28.7 Å². The van der Waals surface area contributed by atoms with Crippen molar-refractivity contribution in [3.8, 4) is 5.69 Å². The molecule has 2 aromatic carbocycles. The maximum Gasteiger partial charge on any atom is 0.336 e. The van der Waals surface area contributed by atoms with E-state index in [9.17, 15) is 9.90 Å². The quantitative estimate of drug-likeness (QED) is 0.601. The fourth-order valence-electron chi connectivity index (χ4n) is 2.81. The number of benzene rings is 2. The fourth-order valence-corrected chi connectivity index (χ4v) is 2.81. The van der Waals surface area contributed by atoms with E-state index in [0.717, 1.165) is 11.3 Å². The number of carboxylic acid groups (broad SMARTS) is 1. The topological polar surface area (TPSA) is 68.0 Å². The number of hydrogen-bond acceptors (Lipinski definition) is 3. The lowest BCUT2D eigenvalue weighted by Crippen LogP contribution is -2.00. The Morgan fingerprint density at radius 1 is 1.04 bits per heavy atom. The second-order valence-corrected chi connectivity index (χ2v) is 5.81. The van der Waals surface area contributed by atoms with Gasteiger partial charge < -0.3 is 9.67 Å². The zero-order valence-corrected chi connectivity index (χ0v) is 13.8. The monoisotopic (exact) mass is 341 g/mol. The molecule has 0 aliphatic carbocycles. The Balaban J connectivity index is 1.65. The van der Waals surface area contributed by atoms with Gasteiger partial charge in [0.25, 0.3) is 0 Å². The van der Waals surface area contributed by atoms with Crippen molar-refractivity contribution in [3.63, 3.8) is 0 Å². The van der Waals surface area contributed by atoms with Gasteiger partial charge in [0.2, 0.25) is 0 Å². The van der Waals surface area contributed by atoms with Gasteiger partial charge in [0, 0.05) is 23.5 Å². The molecule has 0 atom stereocenters. The molecule has 126 valence electrons. The lowest BCUT2D eigenvalue weighted by Gasteiger charge is -2.04. The summed E-state index contributed by atoms with van der Waals surface area (Å²) in [6, 6.07) is 16.8. The van der Waals surface area contributed by atoms with Crippen molar-refractivity contribution in [1.82, 2.24) is 14.5 Å². The van der Waals surface area contributed by atoms with Crippen molar-refractivity contribution >= 4 is 29.0 Å². The molecular formula is C21H15N3O2. The predicted molar refractivity (Wildman–Crippen MR) is 101 cm³/mol. The van der Waals surface area contributed by atoms with E-state index < -0.39 is 5.97 Å². The molecule has 2 aromatic heterocycles. The van der Waals surface area contributed by atoms with Crippen LogP contribution in [-0.2, 0) is 0 Å². The van der Waals surface area contributed by atoms with Crippen LogP contribution in [0.2, 0.25) is 0 Å². The summed E-state index contributed by atoms with van der Waals surface area (Å²) < 4.78 is 1.93. The summed E-state index contributed by atoms with van der Waals surface area (Å²) in [4.78, 5) is 20.1. The van der Waals surface area contributed by atoms with Crippen LogP contribution in [0, 0.1) is 0 Å². The van der Waals surface area contributed by atoms with E-state index in [1.165, 1.54) is 0 Å². The number of carboxylic acids is 1. The van der Waals surface area contributed by atoms with E-state index in [-0.39, 0.29) is 5.56 Å². The number of aromatic nitrogens is 3. The van der Waals surface area contributed by atoms with Crippen molar-refractivity contribution in [2.75, 3.05) is 0 Å². The average Bonchev–Trinajstić information content (AvgIpc) is 3.21. The second-order valence-electron chi connectivity index (χ2n) is 5.81. The number of rotatable bonds is 4. The smallest absolute Gasteiger partial charge is 0.336 e. The van der Waals surface area contributed by atoms with Gasteiger partial charge in [-0.15, -0.1) is 0 Å². The third kappa shape index (κ3) is 3.10. The highest BCUT2D eigenvalue weighted by Crippen LogP contribution is 2.20. The van der Waals surface area contributed by atoms with Crippen molar-refractivity contribution in [1.29, 1.82) is 0 Å². The van der Waals surface area contributed by atoms with Gasteiger partial charge in [-0.3, -0.25) is 0 Å². The largest absolute Gasteiger partial charge is 0.478 e. The number of imidazole rings is 1. The van der Waals surface area contributed by atoms with Gasteiger partial charge in [-0.2, -0.15) is 0 Å². The molecule has 1 N–H and O–H groups in total. The third-order valence-electron chi connectivity index (χ3n) is 4.11. The highest BCUT2D eigenvalue weighted by atomic mass is 16.4. The minimum Gasteiger partial charge on any atom is -0.478 e. The SMILES string of the molecule is O=C(O)c1cc(C=Cc2ccc(-n3ccnc3)cc2)nc2ccccc12. The maximum atomic E-state index is 11.5. The molecule has 0 aliphatic heterocycles. The van der Waals surface area contributed by atoms with Gasteiger partial charge in [0.15, 0.2) is 0 Å². The molecule has 5 heteroatoms. The summed E-state index contributed by atoms with van der Waals surface area (Å²) >= 11 is 0. The first-order valence-corrected chi connectivity index (χ1v) is 8.10. The molecule has 0 radical (unpaired) electrons. The first-order valence-electron chi connectivity index (χ1n) is 8.10. The molecule has 0 amide bonds. The summed E-state index contributed by atoms with van der Waals surface area (Å²) in [5.41, 5.74) is 3.56. The first-order chi connectivity index (χ1) is 12.7. The first kappa shape index (κ1) is 15.8. The number of hydrogen-bond donors (Lipinski definition) is 1. The van der Waals surface area contributed by atoms with Crippen LogP contribution in [0.5, 0.6) is 0 Å². The second kappa shape index (κ2) is 6.64. The summed E-state index contributed by atoms with van der Waals surface area (Å²) in [6.07, 6.45) is 9.11. The number of fused-ring (bicyclic) bond motifs is 1. The molecule has 0 saturated carbocycles. The maximum absolute atomic E-state index is 11.5. The zero-order valence-electron chi connectivity index (χ0n) is 13.8. The number of para-hydroxylation sites is 1. The molecule has 4 rings (SSSR count). The predicted octanol–water partition coefficient (Wildman–Crippen LogP) is 4.29. The van der Waals surface area contributed by atoms with Gasteiger partial charge in [0.05, 0.1) is 23.1 Å². The number of aromatic carboxylic acids is 1.